The lowest BCUT2D eigenvalue weighted by Crippen LogP contribution is -2.64. The lowest BCUT2D eigenvalue weighted by molar-refractivity contribution is -0.144. The molecule has 20 heavy (non-hydrogen) atoms. The zero-order chi connectivity index (χ0) is 14.8. The van der Waals surface area contributed by atoms with Crippen LogP contribution in [0.25, 0.3) is 0 Å². The van der Waals surface area contributed by atoms with Gasteiger partial charge in [0.2, 0.25) is 0 Å². The van der Waals surface area contributed by atoms with Gasteiger partial charge in [-0.05, 0) is 45.1 Å². The molecule has 0 saturated carbocycles. The summed E-state index contributed by atoms with van der Waals surface area (Å²) >= 11 is 0. The average molecular weight is 284 g/mol. The molecule has 0 radical (unpaired) electrons. The molecule has 4 atom stereocenters. The van der Waals surface area contributed by atoms with Crippen molar-refractivity contribution in [3.63, 3.8) is 0 Å². The molecule has 0 spiro atoms. The molecule has 2 aliphatic rings. The molecular formula is C16H32N2O2. The monoisotopic (exact) mass is 284 g/mol. The third-order valence-corrected chi connectivity index (χ3v) is 5.71. The number of likely N-dealkylation sites (tertiary alicyclic amines) is 1. The number of ether oxygens (including phenoxy) is 2. The van der Waals surface area contributed by atoms with Gasteiger partial charge in [0.25, 0.3) is 0 Å². The molecule has 0 aromatic heterocycles. The van der Waals surface area contributed by atoms with Gasteiger partial charge in [0.15, 0.2) is 0 Å². The molecule has 2 N–H and O–H groups in total. The van der Waals surface area contributed by atoms with Crippen molar-refractivity contribution < 1.29 is 9.47 Å². The minimum absolute atomic E-state index is 0.0246. The average Bonchev–Trinajstić information content (AvgIpc) is 2.47. The van der Waals surface area contributed by atoms with Crippen molar-refractivity contribution in [1.82, 2.24) is 4.90 Å². The largest absolute Gasteiger partial charge is 0.380 e. The predicted octanol–water partition coefficient (Wildman–Crippen LogP) is 2.02. The number of piperidine rings is 1. The van der Waals surface area contributed by atoms with Crippen molar-refractivity contribution in [3.05, 3.63) is 0 Å². The maximum atomic E-state index is 6.23. The first-order valence-electron chi connectivity index (χ1n) is 8.10. The SMILES string of the molecule is CCC1(C)CC(CN)(N2CCC(C)C(OC)C2)CCO1. The van der Waals surface area contributed by atoms with Crippen LogP contribution >= 0.6 is 0 Å². The second kappa shape index (κ2) is 6.30. The van der Waals surface area contributed by atoms with E-state index < -0.39 is 0 Å². The van der Waals surface area contributed by atoms with Crippen molar-refractivity contribution in [3.8, 4) is 0 Å². The predicted molar refractivity (Wildman–Crippen MR) is 81.8 cm³/mol. The molecule has 4 unspecified atom stereocenters. The summed E-state index contributed by atoms with van der Waals surface area (Å²) in [7, 11) is 1.83. The summed E-state index contributed by atoms with van der Waals surface area (Å²) in [6, 6.07) is 0. The molecule has 2 saturated heterocycles. The highest BCUT2D eigenvalue weighted by Gasteiger charge is 2.47. The molecule has 118 valence electrons. The fourth-order valence-electron chi connectivity index (χ4n) is 3.89. The van der Waals surface area contributed by atoms with E-state index in [1.807, 2.05) is 7.11 Å². The first kappa shape index (κ1) is 16.2. The first-order chi connectivity index (χ1) is 9.48. The molecular weight excluding hydrogens is 252 g/mol. The first-order valence-corrected chi connectivity index (χ1v) is 8.10. The van der Waals surface area contributed by atoms with E-state index in [9.17, 15) is 0 Å². The van der Waals surface area contributed by atoms with Crippen LogP contribution in [-0.4, -0.2) is 55.5 Å². The van der Waals surface area contributed by atoms with Gasteiger partial charge in [0.1, 0.15) is 0 Å². The summed E-state index contributed by atoms with van der Waals surface area (Å²) in [5, 5.41) is 0. The molecule has 2 aliphatic heterocycles. The number of rotatable bonds is 4. The number of hydrogen-bond acceptors (Lipinski definition) is 4. The summed E-state index contributed by atoms with van der Waals surface area (Å²) in [5.74, 6) is 0.642. The van der Waals surface area contributed by atoms with Gasteiger partial charge in [0.05, 0.1) is 11.7 Å². The lowest BCUT2D eigenvalue weighted by atomic mass is 9.76. The molecule has 0 aliphatic carbocycles. The smallest absolute Gasteiger partial charge is 0.0724 e. The zero-order valence-corrected chi connectivity index (χ0v) is 13.7. The highest BCUT2D eigenvalue weighted by Crippen LogP contribution is 2.39. The maximum Gasteiger partial charge on any atom is 0.0724 e. The number of methoxy groups -OCH3 is 1. The standard InChI is InChI=1S/C16H32N2O2/c1-5-15(3)11-16(12-17,7-9-20-15)18-8-6-13(2)14(10-18)19-4/h13-14H,5-12,17H2,1-4H3. The number of hydrogen-bond donors (Lipinski definition) is 1. The fraction of sp³-hybridized carbons (Fsp3) is 1.00. The van der Waals surface area contributed by atoms with E-state index >= 15 is 0 Å². The Morgan fingerprint density at radius 1 is 1.45 bits per heavy atom. The Bertz CT molecular complexity index is 326. The molecule has 2 fully saturated rings. The number of nitrogens with zero attached hydrogens (tertiary/aromatic N) is 1. The van der Waals surface area contributed by atoms with Crippen LogP contribution in [0.3, 0.4) is 0 Å². The zero-order valence-electron chi connectivity index (χ0n) is 13.7. The van der Waals surface area contributed by atoms with Gasteiger partial charge in [-0.25, -0.2) is 0 Å². The Labute approximate surface area is 124 Å². The molecule has 2 heterocycles. The van der Waals surface area contributed by atoms with E-state index in [2.05, 4.69) is 25.7 Å². The van der Waals surface area contributed by atoms with Crippen molar-refractivity contribution >= 4 is 0 Å². The lowest BCUT2D eigenvalue weighted by Gasteiger charge is -2.54. The summed E-state index contributed by atoms with van der Waals surface area (Å²) in [6.07, 6.45) is 4.67. The molecule has 0 bridgehead atoms. The second-order valence-electron chi connectivity index (χ2n) is 6.99. The minimum atomic E-state index is -0.0246. The van der Waals surface area contributed by atoms with E-state index in [-0.39, 0.29) is 11.1 Å². The van der Waals surface area contributed by atoms with E-state index in [0.717, 1.165) is 45.5 Å². The minimum Gasteiger partial charge on any atom is -0.380 e. The van der Waals surface area contributed by atoms with Gasteiger partial charge in [-0.1, -0.05) is 13.8 Å². The Balaban J connectivity index is 2.14. The van der Waals surface area contributed by atoms with Crippen LogP contribution in [0.4, 0.5) is 0 Å². The molecule has 0 aromatic rings. The van der Waals surface area contributed by atoms with E-state index in [0.29, 0.717) is 12.0 Å². The van der Waals surface area contributed by atoms with E-state index in [1.54, 1.807) is 0 Å². The summed E-state index contributed by atoms with van der Waals surface area (Å²) in [5.41, 5.74) is 6.30. The maximum absolute atomic E-state index is 6.23. The Hall–Kier alpha value is -0.160. The highest BCUT2D eigenvalue weighted by molar-refractivity contribution is 5.02. The van der Waals surface area contributed by atoms with Gasteiger partial charge in [-0.15, -0.1) is 0 Å². The molecule has 4 heteroatoms. The fourth-order valence-corrected chi connectivity index (χ4v) is 3.89. The van der Waals surface area contributed by atoms with Crippen molar-refractivity contribution in [2.75, 3.05) is 33.4 Å². The second-order valence-corrected chi connectivity index (χ2v) is 6.99. The van der Waals surface area contributed by atoms with Crippen LogP contribution < -0.4 is 5.73 Å². The topological polar surface area (TPSA) is 47.7 Å². The normalized spacial score (nSPS) is 43.6. The van der Waals surface area contributed by atoms with Crippen LogP contribution in [-0.2, 0) is 9.47 Å². The van der Waals surface area contributed by atoms with Gasteiger partial charge in [-0.2, -0.15) is 0 Å². The van der Waals surface area contributed by atoms with Gasteiger partial charge >= 0.3 is 0 Å². The number of nitrogens with two attached hydrogens (primary N) is 1. The molecule has 0 aromatic carbocycles. The van der Waals surface area contributed by atoms with E-state index in [1.165, 1.54) is 6.42 Å². The van der Waals surface area contributed by atoms with Crippen LogP contribution in [0.1, 0.15) is 46.5 Å². The Morgan fingerprint density at radius 2 is 2.20 bits per heavy atom. The van der Waals surface area contributed by atoms with Gasteiger partial charge in [0, 0.05) is 32.3 Å². The highest BCUT2D eigenvalue weighted by atomic mass is 16.5. The third-order valence-electron chi connectivity index (χ3n) is 5.71. The Kier molecular flexibility index (Phi) is 5.11. The van der Waals surface area contributed by atoms with Crippen molar-refractivity contribution in [2.24, 2.45) is 11.7 Å². The van der Waals surface area contributed by atoms with Crippen LogP contribution in [0.5, 0.6) is 0 Å². The summed E-state index contributed by atoms with van der Waals surface area (Å²) in [4.78, 5) is 2.59. The summed E-state index contributed by atoms with van der Waals surface area (Å²) < 4.78 is 11.7. The van der Waals surface area contributed by atoms with Crippen molar-refractivity contribution in [1.29, 1.82) is 0 Å². The van der Waals surface area contributed by atoms with Crippen LogP contribution in [0.2, 0.25) is 0 Å². The summed E-state index contributed by atoms with van der Waals surface area (Å²) in [6.45, 7) is 10.4. The van der Waals surface area contributed by atoms with E-state index in [4.69, 9.17) is 15.2 Å². The quantitative estimate of drug-likeness (QED) is 0.858. The van der Waals surface area contributed by atoms with Crippen LogP contribution in [0, 0.1) is 5.92 Å². The van der Waals surface area contributed by atoms with Crippen molar-refractivity contribution in [2.45, 2.75) is 63.7 Å². The third kappa shape index (κ3) is 3.03. The molecule has 4 nitrogen and oxygen atoms in total. The molecule has 2 rings (SSSR count). The van der Waals surface area contributed by atoms with Crippen LogP contribution in [0.15, 0.2) is 0 Å². The molecule has 0 amide bonds. The van der Waals surface area contributed by atoms with Gasteiger partial charge < -0.3 is 15.2 Å². The Morgan fingerprint density at radius 3 is 2.80 bits per heavy atom. The van der Waals surface area contributed by atoms with Gasteiger partial charge in [-0.3, -0.25) is 4.90 Å².